The minimum atomic E-state index is -0.125. The summed E-state index contributed by atoms with van der Waals surface area (Å²) in [5.74, 6) is -0.125. The first-order valence-electron chi connectivity index (χ1n) is 4.78. The number of allylic oxidation sites excluding steroid dienone is 1. The first-order valence-corrected chi connectivity index (χ1v) is 4.78. The minimum absolute atomic E-state index is 0.119. The molecular formula is C12H11NO2. The molecule has 0 saturated carbocycles. The first-order chi connectivity index (χ1) is 7.31. The van der Waals surface area contributed by atoms with E-state index in [1.54, 1.807) is 0 Å². The van der Waals surface area contributed by atoms with Crippen LogP contribution in [0.5, 0.6) is 0 Å². The molecular weight excluding hydrogens is 190 g/mol. The second-order valence-corrected chi connectivity index (χ2v) is 3.31. The molecule has 0 atom stereocenters. The zero-order valence-electron chi connectivity index (χ0n) is 8.18. The van der Waals surface area contributed by atoms with E-state index >= 15 is 0 Å². The number of hydrogen-bond acceptors (Lipinski definition) is 3. The van der Waals surface area contributed by atoms with Gasteiger partial charge < -0.3 is 5.11 Å². The SMILES string of the molecule is O=C(/C=C\CO)C1=Nc2ccccc2C1. The summed E-state index contributed by atoms with van der Waals surface area (Å²) in [5, 5.41) is 8.55. The topological polar surface area (TPSA) is 49.7 Å². The molecule has 1 aliphatic rings. The molecule has 0 aliphatic carbocycles. The van der Waals surface area contributed by atoms with Crippen molar-refractivity contribution in [2.24, 2.45) is 4.99 Å². The molecule has 0 saturated heterocycles. The largest absolute Gasteiger partial charge is 0.392 e. The quantitative estimate of drug-likeness (QED) is 0.752. The van der Waals surface area contributed by atoms with Crippen LogP contribution in [0.15, 0.2) is 41.4 Å². The molecule has 3 nitrogen and oxygen atoms in total. The van der Waals surface area contributed by atoms with Crippen molar-refractivity contribution >= 4 is 17.2 Å². The maximum Gasteiger partial charge on any atom is 0.200 e. The number of aliphatic hydroxyl groups excluding tert-OH is 1. The van der Waals surface area contributed by atoms with Crippen LogP contribution in [0.3, 0.4) is 0 Å². The summed E-state index contributed by atoms with van der Waals surface area (Å²) >= 11 is 0. The Morgan fingerprint density at radius 1 is 1.47 bits per heavy atom. The number of benzene rings is 1. The standard InChI is InChI=1S/C12H11NO2/c14-7-3-6-12(15)11-8-9-4-1-2-5-10(9)13-11/h1-6,14H,7-8H2/b6-3-. The number of carbonyl (C=O) groups is 1. The van der Waals surface area contributed by atoms with E-state index < -0.39 is 0 Å². The van der Waals surface area contributed by atoms with Crippen LogP contribution in [-0.2, 0) is 11.2 Å². The van der Waals surface area contributed by atoms with Crippen molar-refractivity contribution in [3.63, 3.8) is 0 Å². The highest BCUT2D eigenvalue weighted by Gasteiger charge is 2.17. The van der Waals surface area contributed by atoms with Crippen molar-refractivity contribution in [3.05, 3.63) is 42.0 Å². The monoisotopic (exact) mass is 201 g/mol. The molecule has 0 unspecified atom stereocenters. The normalized spacial score (nSPS) is 14.1. The molecule has 0 aromatic heterocycles. The van der Waals surface area contributed by atoms with Gasteiger partial charge in [-0.2, -0.15) is 0 Å². The van der Waals surface area contributed by atoms with Crippen LogP contribution in [0.25, 0.3) is 0 Å². The molecule has 0 bridgehead atoms. The van der Waals surface area contributed by atoms with Gasteiger partial charge in [0.25, 0.3) is 0 Å². The van der Waals surface area contributed by atoms with E-state index in [1.165, 1.54) is 12.2 Å². The average molecular weight is 201 g/mol. The van der Waals surface area contributed by atoms with Crippen LogP contribution in [0.1, 0.15) is 5.56 Å². The smallest absolute Gasteiger partial charge is 0.200 e. The van der Waals surface area contributed by atoms with Gasteiger partial charge in [0, 0.05) is 6.42 Å². The van der Waals surface area contributed by atoms with Crippen LogP contribution < -0.4 is 0 Å². The van der Waals surface area contributed by atoms with Gasteiger partial charge in [0.15, 0.2) is 5.78 Å². The molecule has 2 rings (SSSR count). The van der Waals surface area contributed by atoms with Crippen LogP contribution >= 0.6 is 0 Å². The van der Waals surface area contributed by atoms with E-state index in [-0.39, 0.29) is 12.4 Å². The van der Waals surface area contributed by atoms with Crippen molar-refractivity contribution in [1.29, 1.82) is 0 Å². The second-order valence-electron chi connectivity index (χ2n) is 3.31. The average Bonchev–Trinajstić information content (AvgIpc) is 2.69. The number of aliphatic hydroxyl groups is 1. The van der Waals surface area contributed by atoms with Gasteiger partial charge in [-0.1, -0.05) is 24.3 Å². The lowest BCUT2D eigenvalue weighted by molar-refractivity contribution is -0.109. The Balaban J connectivity index is 2.18. The van der Waals surface area contributed by atoms with E-state index in [4.69, 9.17) is 5.11 Å². The molecule has 1 aromatic rings. The fourth-order valence-electron chi connectivity index (χ4n) is 1.53. The predicted octanol–water partition coefficient (Wildman–Crippen LogP) is 1.43. The fourth-order valence-corrected chi connectivity index (χ4v) is 1.53. The summed E-state index contributed by atoms with van der Waals surface area (Å²) in [6, 6.07) is 7.70. The Kier molecular flexibility index (Phi) is 2.74. The number of carbonyl (C=O) groups excluding carboxylic acids is 1. The second kappa shape index (κ2) is 4.19. The van der Waals surface area contributed by atoms with Crippen molar-refractivity contribution in [2.75, 3.05) is 6.61 Å². The molecule has 0 radical (unpaired) electrons. The molecule has 0 amide bonds. The summed E-state index contributed by atoms with van der Waals surface area (Å²) in [7, 11) is 0. The third kappa shape index (κ3) is 2.02. The molecule has 1 aromatic carbocycles. The lowest BCUT2D eigenvalue weighted by atomic mass is 10.1. The summed E-state index contributed by atoms with van der Waals surface area (Å²) < 4.78 is 0. The zero-order chi connectivity index (χ0) is 10.7. The maximum absolute atomic E-state index is 11.5. The van der Waals surface area contributed by atoms with Gasteiger partial charge in [-0.25, -0.2) is 4.99 Å². The molecule has 3 heteroatoms. The van der Waals surface area contributed by atoms with Crippen LogP contribution in [0.2, 0.25) is 0 Å². The molecule has 1 aliphatic heterocycles. The Morgan fingerprint density at radius 3 is 3.00 bits per heavy atom. The van der Waals surface area contributed by atoms with Crippen molar-refractivity contribution < 1.29 is 9.90 Å². The zero-order valence-corrected chi connectivity index (χ0v) is 8.18. The Morgan fingerprint density at radius 2 is 2.27 bits per heavy atom. The highest BCUT2D eigenvalue weighted by atomic mass is 16.2. The molecule has 76 valence electrons. The minimum Gasteiger partial charge on any atom is -0.392 e. The predicted molar refractivity (Wildman–Crippen MR) is 58.5 cm³/mol. The van der Waals surface area contributed by atoms with E-state index in [0.717, 1.165) is 11.3 Å². The van der Waals surface area contributed by atoms with Gasteiger partial charge >= 0.3 is 0 Å². The van der Waals surface area contributed by atoms with E-state index in [0.29, 0.717) is 12.1 Å². The van der Waals surface area contributed by atoms with Crippen LogP contribution in [0, 0.1) is 0 Å². The molecule has 15 heavy (non-hydrogen) atoms. The van der Waals surface area contributed by atoms with Gasteiger partial charge in [-0.15, -0.1) is 0 Å². The molecule has 0 fully saturated rings. The van der Waals surface area contributed by atoms with Gasteiger partial charge in [-0.3, -0.25) is 4.79 Å². The van der Waals surface area contributed by atoms with Crippen molar-refractivity contribution in [3.8, 4) is 0 Å². The van der Waals surface area contributed by atoms with Gasteiger partial charge in [0.05, 0.1) is 18.0 Å². The number of para-hydroxylation sites is 1. The Hall–Kier alpha value is -1.74. The number of fused-ring (bicyclic) bond motifs is 1. The van der Waals surface area contributed by atoms with E-state index in [1.807, 2.05) is 24.3 Å². The Bertz CT molecular complexity index is 447. The number of nitrogens with zero attached hydrogens (tertiary/aromatic N) is 1. The fraction of sp³-hybridized carbons (Fsp3) is 0.167. The highest BCUT2D eigenvalue weighted by Crippen LogP contribution is 2.26. The number of hydrogen-bond donors (Lipinski definition) is 1. The van der Waals surface area contributed by atoms with Crippen molar-refractivity contribution in [1.82, 2.24) is 0 Å². The van der Waals surface area contributed by atoms with Gasteiger partial charge in [0.1, 0.15) is 0 Å². The summed E-state index contributed by atoms with van der Waals surface area (Å²) in [5.41, 5.74) is 2.50. The number of aliphatic imine (C=N–C) groups is 1. The highest BCUT2D eigenvalue weighted by molar-refractivity contribution is 6.45. The van der Waals surface area contributed by atoms with E-state index in [9.17, 15) is 4.79 Å². The third-order valence-corrected chi connectivity index (χ3v) is 2.26. The first kappa shape index (κ1) is 9.80. The van der Waals surface area contributed by atoms with Crippen LogP contribution in [0.4, 0.5) is 5.69 Å². The molecule has 1 N–H and O–H groups in total. The molecule has 0 spiro atoms. The summed E-state index contributed by atoms with van der Waals surface area (Å²) in [4.78, 5) is 15.8. The van der Waals surface area contributed by atoms with E-state index in [2.05, 4.69) is 4.99 Å². The number of ketones is 1. The lowest BCUT2D eigenvalue weighted by Gasteiger charge is -1.93. The summed E-state index contributed by atoms with van der Waals surface area (Å²) in [6.07, 6.45) is 3.38. The summed E-state index contributed by atoms with van der Waals surface area (Å²) in [6.45, 7) is -0.119. The lowest BCUT2D eigenvalue weighted by Crippen LogP contribution is -2.10. The Labute approximate surface area is 87.8 Å². The van der Waals surface area contributed by atoms with Crippen LogP contribution in [-0.4, -0.2) is 23.2 Å². The van der Waals surface area contributed by atoms with Gasteiger partial charge in [0.2, 0.25) is 0 Å². The molecule has 1 heterocycles. The maximum atomic E-state index is 11.5. The number of rotatable bonds is 3. The van der Waals surface area contributed by atoms with Gasteiger partial charge in [-0.05, 0) is 17.7 Å². The van der Waals surface area contributed by atoms with Crippen molar-refractivity contribution in [2.45, 2.75) is 6.42 Å². The third-order valence-electron chi connectivity index (χ3n) is 2.26.